The highest BCUT2D eigenvalue weighted by Gasteiger charge is 2.28. The lowest BCUT2D eigenvalue weighted by molar-refractivity contribution is -0.140. The van der Waals surface area contributed by atoms with Crippen molar-refractivity contribution in [3.8, 4) is 0 Å². The van der Waals surface area contributed by atoms with Gasteiger partial charge in [0.15, 0.2) is 0 Å². The predicted molar refractivity (Wildman–Crippen MR) is 107 cm³/mol. The first kappa shape index (κ1) is 22.4. The van der Waals surface area contributed by atoms with Crippen molar-refractivity contribution in [3.05, 3.63) is 41.7 Å². The molecule has 2 heterocycles. The second-order valence-electron chi connectivity index (χ2n) is 8.01. The molecule has 0 unspecified atom stereocenters. The van der Waals surface area contributed by atoms with Crippen LogP contribution in [0.25, 0.3) is 0 Å². The standard InChI is InChI=1S/C21H29N3O5/c1-14(19(26)28-13-16-7-5-6-9-22-16)11-17(12-15-8-10-23-18(15)25)24-20(27)29-21(2,3)4/h5-7,9,11,15,17H,8,10,12-13H2,1-4H3,(H,23,25)(H,24,27)/b14-11+/t15-,17+/m0/s1. The summed E-state index contributed by atoms with van der Waals surface area (Å²) >= 11 is 0. The third-order valence-electron chi connectivity index (χ3n) is 4.25. The summed E-state index contributed by atoms with van der Waals surface area (Å²) in [6.45, 7) is 7.57. The third kappa shape index (κ3) is 7.93. The molecule has 0 saturated carbocycles. The molecule has 0 spiro atoms. The molecule has 1 aliphatic heterocycles. The number of aromatic nitrogens is 1. The molecule has 2 amide bonds. The highest BCUT2D eigenvalue weighted by atomic mass is 16.6. The molecule has 1 saturated heterocycles. The van der Waals surface area contributed by atoms with Gasteiger partial charge in [-0.2, -0.15) is 0 Å². The smallest absolute Gasteiger partial charge is 0.408 e. The molecule has 2 N–H and O–H groups in total. The molecule has 0 radical (unpaired) electrons. The second-order valence-corrected chi connectivity index (χ2v) is 8.01. The Morgan fingerprint density at radius 2 is 2.14 bits per heavy atom. The van der Waals surface area contributed by atoms with E-state index in [4.69, 9.17) is 9.47 Å². The first-order valence-electron chi connectivity index (χ1n) is 9.67. The van der Waals surface area contributed by atoms with Gasteiger partial charge < -0.3 is 20.1 Å². The number of amides is 2. The average Bonchev–Trinajstić information content (AvgIpc) is 3.03. The number of esters is 1. The maximum absolute atomic E-state index is 12.3. The summed E-state index contributed by atoms with van der Waals surface area (Å²) in [7, 11) is 0. The Morgan fingerprint density at radius 1 is 1.38 bits per heavy atom. The van der Waals surface area contributed by atoms with Crippen LogP contribution < -0.4 is 10.6 Å². The molecule has 2 atom stereocenters. The Kier molecular flexibility index (Phi) is 7.75. The number of ether oxygens (including phenoxy) is 2. The van der Waals surface area contributed by atoms with Crippen LogP contribution in [0.5, 0.6) is 0 Å². The molecule has 2 rings (SSSR count). The number of alkyl carbamates (subject to hydrolysis) is 1. The van der Waals surface area contributed by atoms with Gasteiger partial charge in [0.2, 0.25) is 5.91 Å². The van der Waals surface area contributed by atoms with Gasteiger partial charge in [0.25, 0.3) is 0 Å². The molecule has 0 aromatic carbocycles. The van der Waals surface area contributed by atoms with Gasteiger partial charge in [-0.05, 0) is 52.7 Å². The summed E-state index contributed by atoms with van der Waals surface area (Å²) in [6, 6.07) is 4.81. The van der Waals surface area contributed by atoms with Crippen molar-refractivity contribution in [2.75, 3.05) is 6.54 Å². The maximum atomic E-state index is 12.3. The van der Waals surface area contributed by atoms with Crippen molar-refractivity contribution < 1.29 is 23.9 Å². The summed E-state index contributed by atoms with van der Waals surface area (Å²) in [5.41, 5.74) is 0.319. The van der Waals surface area contributed by atoms with E-state index in [-0.39, 0.29) is 18.4 Å². The molecule has 8 nitrogen and oxygen atoms in total. The first-order valence-corrected chi connectivity index (χ1v) is 9.67. The van der Waals surface area contributed by atoms with E-state index in [9.17, 15) is 14.4 Å². The zero-order chi connectivity index (χ0) is 21.4. The zero-order valence-electron chi connectivity index (χ0n) is 17.4. The van der Waals surface area contributed by atoms with Gasteiger partial charge in [0, 0.05) is 24.2 Å². The molecule has 8 heteroatoms. The van der Waals surface area contributed by atoms with Crippen LogP contribution in [0.4, 0.5) is 4.79 Å². The summed E-state index contributed by atoms with van der Waals surface area (Å²) in [6.07, 6.45) is 3.68. The minimum absolute atomic E-state index is 0.0511. The molecule has 1 fully saturated rings. The van der Waals surface area contributed by atoms with Gasteiger partial charge in [-0.1, -0.05) is 12.1 Å². The number of carbonyl (C=O) groups is 3. The SMILES string of the molecule is C/C(=C\[C@H](C[C@@H]1CCNC1=O)NC(=O)OC(C)(C)C)C(=O)OCc1ccccn1. The van der Waals surface area contributed by atoms with Gasteiger partial charge in [-0.3, -0.25) is 9.78 Å². The minimum Gasteiger partial charge on any atom is -0.456 e. The lowest BCUT2D eigenvalue weighted by Gasteiger charge is -2.23. The number of nitrogens with one attached hydrogen (secondary N) is 2. The Morgan fingerprint density at radius 3 is 2.72 bits per heavy atom. The second kappa shape index (κ2) is 10.0. The van der Waals surface area contributed by atoms with Crippen molar-refractivity contribution in [1.29, 1.82) is 0 Å². The van der Waals surface area contributed by atoms with Crippen LogP contribution in [0, 0.1) is 5.92 Å². The lowest BCUT2D eigenvalue weighted by Crippen LogP contribution is -2.40. The largest absolute Gasteiger partial charge is 0.456 e. The third-order valence-corrected chi connectivity index (χ3v) is 4.25. The molecule has 158 valence electrons. The topological polar surface area (TPSA) is 107 Å². The summed E-state index contributed by atoms with van der Waals surface area (Å²) in [5, 5.41) is 5.52. The van der Waals surface area contributed by atoms with E-state index in [0.717, 1.165) is 0 Å². The number of pyridine rings is 1. The number of hydrogen-bond acceptors (Lipinski definition) is 6. The number of hydrogen-bond donors (Lipinski definition) is 2. The predicted octanol–water partition coefficient (Wildman–Crippen LogP) is 2.49. The Balaban J connectivity index is 2.03. The van der Waals surface area contributed by atoms with Crippen LogP contribution in [0.1, 0.15) is 46.2 Å². The normalized spacial score (nSPS) is 18.0. The average molecular weight is 403 g/mol. The fourth-order valence-electron chi connectivity index (χ4n) is 2.91. The van der Waals surface area contributed by atoms with Crippen LogP contribution in [-0.4, -0.2) is 41.1 Å². The number of carbonyl (C=O) groups excluding carboxylic acids is 3. The van der Waals surface area contributed by atoms with E-state index < -0.39 is 23.7 Å². The van der Waals surface area contributed by atoms with Gasteiger partial charge in [0.1, 0.15) is 12.2 Å². The van der Waals surface area contributed by atoms with Crippen molar-refractivity contribution in [2.45, 2.75) is 58.8 Å². The van der Waals surface area contributed by atoms with E-state index in [1.807, 2.05) is 6.07 Å². The molecule has 29 heavy (non-hydrogen) atoms. The molecule has 1 aromatic rings. The fraction of sp³-hybridized carbons (Fsp3) is 0.524. The quantitative estimate of drug-likeness (QED) is 0.535. The zero-order valence-corrected chi connectivity index (χ0v) is 17.4. The van der Waals surface area contributed by atoms with Gasteiger partial charge in [-0.25, -0.2) is 9.59 Å². The van der Waals surface area contributed by atoms with Crippen molar-refractivity contribution >= 4 is 18.0 Å². The first-order chi connectivity index (χ1) is 13.6. The highest BCUT2D eigenvalue weighted by Crippen LogP contribution is 2.18. The molecule has 0 bridgehead atoms. The Hall–Kier alpha value is -2.90. The summed E-state index contributed by atoms with van der Waals surface area (Å²) in [4.78, 5) is 40.6. The van der Waals surface area contributed by atoms with Crippen LogP contribution >= 0.6 is 0 Å². The fourth-order valence-corrected chi connectivity index (χ4v) is 2.91. The monoisotopic (exact) mass is 403 g/mol. The molecule has 1 aliphatic rings. The van der Waals surface area contributed by atoms with E-state index in [1.54, 1.807) is 52.1 Å². The van der Waals surface area contributed by atoms with Crippen LogP contribution in [-0.2, 0) is 25.7 Å². The summed E-state index contributed by atoms with van der Waals surface area (Å²) in [5.74, 6) is -0.796. The van der Waals surface area contributed by atoms with Crippen molar-refractivity contribution in [1.82, 2.24) is 15.6 Å². The molecule has 0 aliphatic carbocycles. The molecular formula is C21H29N3O5. The van der Waals surface area contributed by atoms with Crippen LogP contribution in [0.15, 0.2) is 36.0 Å². The summed E-state index contributed by atoms with van der Waals surface area (Å²) < 4.78 is 10.6. The van der Waals surface area contributed by atoms with Gasteiger partial charge in [0.05, 0.1) is 11.7 Å². The van der Waals surface area contributed by atoms with E-state index in [1.165, 1.54) is 0 Å². The van der Waals surface area contributed by atoms with E-state index >= 15 is 0 Å². The van der Waals surface area contributed by atoms with Crippen LogP contribution in [0.2, 0.25) is 0 Å². The molecular weight excluding hydrogens is 374 g/mol. The molecule has 1 aromatic heterocycles. The Labute approximate surface area is 171 Å². The lowest BCUT2D eigenvalue weighted by atomic mass is 9.97. The number of nitrogens with zero attached hydrogens (tertiary/aromatic N) is 1. The van der Waals surface area contributed by atoms with Gasteiger partial charge >= 0.3 is 12.1 Å². The van der Waals surface area contributed by atoms with E-state index in [0.29, 0.717) is 30.7 Å². The van der Waals surface area contributed by atoms with Crippen molar-refractivity contribution in [3.63, 3.8) is 0 Å². The van der Waals surface area contributed by atoms with Crippen molar-refractivity contribution in [2.24, 2.45) is 5.92 Å². The van der Waals surface area contributed by atoms with Crippen LogP contribution in [0.3, 0.4) is 0 Å². The number of rotatable bonds is 7. The highest BCUT2D eigenvalue weighted by molar-refractivity contribution is 5.88. The minimum atomic E-state index is -0.653. The maximum Gasteiger partial charge on any atom is 0.408 e. The Bertz CT molecular complexity index is 755. The van der Waals surface area contributed by atoms with Gasteiger partial charge in [-0.15, -0.1) is 0 Å². The van der Waals surface area contributed by atoms with E-state index in [2.05, 4.69) is 15.6 Å².